The molecular formula is C25H20N2O. The Kier molecular flexibility index (Phi) is 4.73. The maximum Gasteiger partial charge on any atom is 0.205 e. The van der Waals surface area contributed by atoms with Crippen molar-refractivity contribution in [3.8, 4) is 0 Å². The quantitative estimate of drug-likeness (QED) is 0.271. The number of carbonyl (C=O) groups excluding carboxylic acids is 1. The molecule has 0 fully saturated rings. The Balaban J connectivity index is 2.09. The highest BCUT2D eigenvalue weighted by molar-refractivity contribution is 6.02. The molecule has 0 aliphatic heterocycles. The molecule has 28 heavy (non-hydrogen) atoms. The van der Waals surface area contributed by atoms with Crippen molar-refractivity contribution < 1.29 is 4.79 Å². The molecule has 0 bridgehead atoms. The molecule has 4 aromatic rings. The second kappa shape index (κ2) is 7.49. The van der Waals surface area contributed by atoms with Crippen molar-refractivity contribution >= 4 is 5.78 Å². The molecule has 3 heteroatoms. The summed E-state index contributed by atoms with van der Waals surface area (Å²) in [6.45, 7) is 3.58. The first-order chi connectivity index (χ1) is 13.8. The predicted molar refractivity (Wildman–Crippen MR) is 111 cm³/mol. The smallest absolute Gasteiger partial charge is 0.205 e. The average molecular weight is 364 g/mol. The van der Waals surface area contributed by atoms with Gasteiger partial charge >= 0.3 is 0 Å². The lowest BCUT2D eigenvalue weighted by atomic mass is 9.77. The first-order valence-corrected chi connectivity index (χ1v) is 9.14. The highest BCUT2D eigenvalue weighted by Gasteiger charge is 2.38. The summed E-state index contributed by atoms with van der Waals surface area (Å²) in [6, 6.07) is 30.8. The number of ketones is 1. The van der Waals surface area contributed by atoms with E-state index < -0.39 is 5.54 Å². The van der Waals surface area contributed by atoms with Gasteiger partial charge in [-0.3, -0.25) is 4.79 Å². The standard InChI is InChI=1S/C25H20N2O/c1-2-24(28)23-18-27(19-26-23)25(20-12-6-3-7-13-20,21-14-8-4-9-15-21)22-16-10-5-11-17-22/h2-19H,1H2. The van der Waals surface area contributed by atoms with Crippen LogP contribution in [0.5, 0.6) is 0 Å². The minimum atomic E-state index is -0.656. The van der Waals surface area contributed by atoms with E-state index in [4.69, 9.17) is 0 Å². The van der Waals surface area contributed by atoms with E-state index in [2.05, 4.69) is 48.0 Å². The van der Waals surface area contributed by atoms with Crippen LogP contribution in [0, 0.1) is 0 Å². The summed E-state index contributed by atoms with van der Waals surface area (Å²) < 4.78 is 2.02. The van der Waals surface area contributed by atoms with E-state index in [0.717, 1.165) is 16.7 Å². The Labute approximate surface area is 164 Å². The fourth-order valence-electron chi connectivity index (χ4n) is 3.72. The number of nitrogens with zero attached hydrogens (tertiary/aromatic N) is 2. The summed E-state index contributed by atoms with van der Waals surface area (Å²) in [7, 11) is 0. The maximum atomic E-state index is 12.2. The van der Waals surface area contributed by atoms with Gasteiger partial charge in [-0.05, 0) is 22.8 Å². The molecule has 136 valence electrons. The van der Waals surface area contributed by atoms with Gasteiger partial charge in [0.2, 0.25) is 5.78 Å². The molecule has 0 amide bonds. The van der Waals surface area contributed by atoms with Crippen molar-refractivity contribution in [2.45, 2.75) is 5.54 Å². The van der Waals surface area contributed by atoms with Gasteiger partial charge in [0.1, 0.15) is 11.2 Å². The van der Waals surface area contributed by atoms with E-state index in [-0.39, 0.29) is 5.78 Å². The van der Waals surface area contributed by atoms with Crippen LogP contribution in [0.25, 0.3) is 0 Å². The lowest BCUT2D eigenvalue weighted by Gasteiger charge is -2.37. The normalized spacial score (nSPS) is 11.1. The molecule has 0 spiro atoms. The van der Waals surface area contributed by atoms with Crippen molar-refractivity contribution in [1.82, 2.24) is 9.55 Å². The van der Waals surface area contributed by atoms with E-state index in [1.807, 2.05) is 59.2 Å². The predicted octanol–water partition coefficient (Wildman–Crippen LogP) is 5.09. The molecule has 0 aliphatic rings. The third-order valence-corrected chi connectivity index (χ3v) is 4.98. The molecule has 1 aromatic heterocycles. The maximum absolute atomic E-state index is 12.2. The van der Waals surface area contributed by atoms with Gasteiger partial charge < -0.3 is 4.57 Å². The Morgan fingerprint density at radius 3 is 1.61 bits per heavy atom. The van der Waals surface area contributed by atoms with Crippen LogP contribution in [-0.2, 0) is 5.54 Å². The Morgan fingerprint density at radius 2 is 1.21 bits per heavy atom. The molecule has 0 saturated carbocycles. The van der Waals surface area contributed by atoms with E-state index in [1.165, 1.54) is 6.08 Å². The minimum Gasteiger partial charge on any atom is -0.318 e. The van der Waals surface area contributed by atoms with Gasteiger partial charge in [0.15, 0.2) is 0 Å². The lowest BCUT2D eigenvalue weighted by molar-refractivity contribution is 0.104. The number of imidazole rings is 1. The van der Waals surface area contributed by atoms with Crippen molar-refractivity contribution in [3.05, 3.63) is 139 Å². The monoisotopic (exact) mass is 364 g/mol. The molecule has 0 unspecified atom stereocenters. The molecule has 0 saturated heterocycles. The van der Waals surface area contributed by atoms with Crippen molar-refractivity contribution in [3.63, 3.8) is 0 Å². The topological polar surface area (TPSA) is 34.9 Å². The number of hydrogen-bond donors (Lipinski definition) is 0. The molecule has 0 aliphatic carbocycles. The second-order valence-corrected chi connectivity index (χ2v) is 6.54. The van der Waals surface area contributed by atoms with Crippen LogP contribution >= 0.6 is 0 Å². The molecular weight excluding hydrogens is 344 g/mol. The molecule has 0 atom stereocenters. The van der Waals surface area contributed by atoms with Gasteiger partial charge in [-0.15, -0.1) is 0 Å². The Bertz CT molecular complexity index is 986. The van der Waals surface area contributed by atoms with Crippen LogP contribution in [0.15, 0.2) is 116 Å². The van der Waals surface area contributed by atoms with Crippen LogP contribution < -0.4 is 0 Å². The SMILES string of the molecule is C=CC(=O)c1cn(C(c2ccccc2)(c2ccccc2)c2ccccc2)cn1. The number of rotatable bonds is 6. The molecule has 3 aromatic carbocycles. The van der Waals surface area contributed by atoms with Crippen molar-refractivity contribution in [2.75, 3.05) is 0 Å². The average Bonchev–Trinajstić information content (AvgIpc) is 3.26. The fourth-order valence-corrected chi connectivity index (χ4v) is 3.72. The van der Waals surface area contributed by atoms with Crippen LogP contribution in [0.4, 0.5) is 0 Å². The number of aromatic nitrogens is 2. The first-order valence-electron chi connectivity index (χ1n) is 9.14. The number of benzene rings is 3. The molecule has 1 heterocycles. The van der Waals surface area contributed by atoms with Gasteiger partial charge in [0.25, 0.3) is 0 Å². The van der Waals surface area contributed by atoms with Gasteiger partial charge in [-0.2, -0.15) is 0 Å². The number of carbonyl (C=O) groups is 1. The van der Waals surface area contributed by atoms with Crippen molar-refractivity contribution in [2.24, 2.45) is 0 Å². The highest BCUT2D eigenvalue weighted by atomic mass is 16.1. The van der Waals surface area contributed by atoms with Crippen LogP contribution in [-0.4, -0.2) is 15.3 Å². The fraction of sp³-hybridized carbons (Fsp3) is 0.0400. The summed E-state index contributed by atoms with van der Waals surface area (Å²) >= 11 is 0. The lowest BCUT2D eigenvalue weighted by Crippen LogP contribution is -2.37. The second-order valence-electron chi connectivity index (χ2n) is 6.54. The van der Waals surface area contributed by atoms with Gasteiger partial charge in [-0.1, -0.05) is 97.6 Å². The third-order valence-electron chi connectivity index (χ3n) is 4.98. The van der Waals surface area contributed by atoms with E-state index in [0.29, 0.717) is 5.69 Å². The van der Waals surface area contributed by atoms with Gasteiger partial charge in [-0.25, -0.2) is 4.98 Å². The zero-order valence-electron chi connectivity index (χ0n) is 15.4. The van der Waals surface area contributed by atoms with Gasteiger partial charge in [0, 0.05) is 6.20 Å². The first kappa shape index (κ1) is 17.7. The van der Waals surface area contributed by atoms with Gasteiger partial charge in [0.05, 0.1) is 6.33 Å². The zero-order valence-corrected chi connectivity index (χ0v) is 15.4. The molecule has 4 rings (SSSR count). The van der Waals surface area contributed by atoms with Crippen LogP contribution in [0.3, 0.4) is 0 Å². The third kappa shape index (κ3) is 2.87. The summed E-state index contributed by atoms with van der Waals surface area (Å²) in [5, 5.41) is 0. The van der Waals surface area contributed by atoms with E-state index >= 15 is 0 Å². The van der Waals surface area contributed by atoms with Crippen LogP contribution in [0.2, 0.25) is 0 Å². The Morgan fingerprint density at radius 1 is 0.786 bits per heavy atom. The Hall–Kier alpha value is -3.72. The minimum absolute atomic E-state index is 0.193. The highest BCUT2D eigenvalue weighted by Crippen LogP contribution is 2.40. The summed E-state index contributed by atoms with van der Waals surface area (Å²) in [4.78, 5) is 16.5. The van der Waals surface area contributed by atoms with Crippen LogP contribution in [0.1, 0.15) is 27.2 Å². The van der Waals surface area contributed by atoms with E-state index in [9.17, 15) is 4.79 Å². The summed E-state index contributed by atoms with van der Waals surface area (Å²) in [5.41, 5.74) is 2.98. The summed E-state index contributed by atoms with van der Waals surface area (Å²) in [6.07, 6.45) is 4.82. The van der Waals surface area contributed by atoms with E-state index in [1.54, 1.807) is 12.5 Å². The number of allylic oxidation sites excluding steroid dienone is 1. The largest absolute Gasteiger partial charge is 0.318 e. The number of hydrogen-bond acceptors (Lipinski definition) is 2. The summed E-state index contributed by atoms with van der Waals surface area (Å²) in [5.74, 6) is -0.193. The molecule has 3 nitrogen and oxygen atoms in total. The molecule has 0 N–H and O–H groups in total. The zero-order chi connectivity index (χ0) is 19.4. The molecule has 0 radical (unpaired) electrons. The van der Waals surface area contributed by atoms with Crippen molar-refractivity contribution in [1.29, 1.82) is 0 Å².